The molecule has 0 atom stereocenters. The number of allylic oxidation sites excluding steroid dienone is 1. The minimum atomic E-state index is -0.345. The van der Waals surface area contributed by atoms with Gasteiger partial charge in [0.15, 0.2) is 5.76 Å². The number of halogens is 2. The highest BCUT2D eigenvalue weighted by molar-refractivity contribution is 6.30. The van der Waals surface area contributed by atoms with Gasteiger partial charge in [-0.2, -0.15) is 0 Å². The maximum absolute atomic E-state index is 13.2. The molecule has 1 fully saturated rings. The van der Waals surface area contributed by atoms with Crippen LogP contribution in [0.4, 0.5) is 10.1 Å². The van der Waals surface area contributed by atoms with Crippen LogP contribution in [0, 0.1) is 12.7 Å². The highest BCUT2D eigenvalue weighted by atomic mass is 35.5. The number of aromatic hydroxyl groups is 1. The van der Waals surface area contributed by atoms with Crippen LogP contribution in [-0.4, -0.2) is 42.0 Å². The van der Waals surface area contributed by atoms with Crippen LogP contribution >= 0.6 is 11.6 Å². The quantitative estimate of drug-likeness (QED) is 0.507. The van der Waals surface area contributed by atoms with Crippen LogP contribution in [0.5, 0.6) is 11.5 Å². The van der Waals surface area contributed by atoms with Crippen LogP contribution in [0.25, 0.3) is 6.08 Å². The first-order chi connectivity index (χ1) is 16.4. The molecular formula is C27H24ClFN2O3. The third kappa shape index (κ3) is 4.39. The van der Waals surface area contributed by atoms with Crippen molar-refractivity contribution in [1.29, 1.82) is 0 Å². The number of hydrogen-bond acceptors (Lipinski definition) is 5. The number of aryl methyl sites for hydroxylation is 1. The van der Waals surface area contributed by atoms with Crippen molar-refractivity contribution in [3.05, 3.63) is 93.5 Å². The standard InChI is InChI=1S/C27H24ClFN2O3/c1-17-13-23(32)22(16-30-9-11-31(12-10-30)21-4-2-3-19(28)15-21)27-25(17)26(33)24(34-27)14-18-5-7-20(29)8-6-18/h2-8,13-15,32H,9-12,16H2,1H3. The van der Waals surface area contributed by atoms with Crippen molar-refractivity contribution in [3.63, 3.8) is 0 Å². The number of phenolic OH excluding ortho intramolecular Hbond substituents is 1. The molecule has 0 bridgehead atoms. The smallest absolute Gasteiger partial charge is 0.232 e. The van der Waals surface area contributed by atoms with E-state index >= 15 is 0 Å². The lowest BCUT2D eigenvalue weighted by atomic mass is 9.99. The summed E-state index contributed by atoms with van der Waals surface area (Å²) in [5, 5.41) is 11.4. The van der Waals surface area contributed by atoms with Crippen molar-refractivity contribution in [1.82, 2.24) is 4.90 Å². The fourth-order valence-electron chi connectivity index (χ4n) is 4.50. The predicted octanol–water partition coefficient (Wildman–Crippen LogP) is 5.43. The van der Waals surface area contributed by atoms with E-state index in [9.17, 15) is 14.3 Å². The first-order valence-corrected chi connectivity index (χ1v) is 11.5. The van der Waals surface area contributed by atoms with Crippen LogP contribution in [0.1, 0.15) is 27.0 Å². The lowest BCUT2D eigenvalue weighted by molar-refractivity contribution is 0.101. The zero-order chi connectivity index (χ0) is 23.8. The van der Waals surface area contributed by atoms with E-state index in [4.69, 9.17) is 16.3 Å². The number of Topliss-reactive ketones (excluding diaryl/α,β-unsaturated/α-hetero) is 1. The van der Waals surface area contributed by atoms with Crippen molar-refractivity contribution in [2.75, 3.05) is 31.1 Å². The molecule has 34 heavy (non-hydrogen) atoms. The number of fused-ring (bicyclic) bond motifs is 1. The topological polar surface area (TPSA) is 53.0 Å². The van der Waals surface area contributed by atoms with E-state index < -0.39 is 0 Å². The maximum atomic E-state index is 13.2. The van der Waals surface area contributed by atoms with Gasteiger partial charge in [0.2, 0.25) is 5.78 Å². The summed E-state index contributed by atoms with van der Waals surface area (Å²) in [6, 6.07) is 15.3. The number of ether oxygens (including phenoxy) is 1. The number of hydrogen-bond donors (Lipinski definition) is 1. The number of carbonyl (C=O) groups is 1. The molecule has 5 rings (SSSR count). The molecular weight excluding hydrogens is 455 g/mol. The average molecular weight is 479 g/mol. The van der Waals surface area contributed by atoms with Gasteiger partial charge in [-0.15, -0.1) is 0 Å². The average Bonchev–Trinajstić information content (AvgIpc) is 3.15. The molecule has 2 heterocycles. The van der Waals surface area contributed by atoms with Crippen molar-refractivity contribution in [3.8, 4) is 11.5 Å². The summed E-state index contributed by atoms with van der Waals surface area (Å²) in [5.74, 6) is 0.117. The Bertz CT molecular complexity index is 1280. The second-order valence-electron chi connectivity index (χ2n) is 8.63. The van der Waals surface area contributed by atoms with Crippen LogP contribution in [0.15, 0.2) is 60.4 Å². The van der Waals surface area contributed by atoms with Gasteiger partial charge in [-0.3, -0.25) is 9.69 Å². The molecule has 0 unspecified atom stereocenters. The molecule has 0 saturated carbocycles. The van der Waals surface area contributed by atoms with E-state index in [0.29, 0.717) is 39.6 Å². The zero-order valence-corrected chi connectivity index (χ0v) is 19.5. The van der Waals surface area contributed by atoms with Gasteiger partial charge in [0.25, 0.3) is 0 Å². The Balaban J connectivity index is 1.36. The monoisotopic (exact) mass is 478 g/mol. The molecule has 1 saturated heterocycles. The van der Waals surface area contributed by atoms with Crippen LogP contribution in [-0.2, 0) is 6.54 Å². The summed E-state index contributed by atoms with van der Waals surface area (Å²) < 4.78 is 19.2. The first kappa shape index (κ1) is 22.4. The Labute approximate surface area is 202 Å². The molecule has 0 amide bonds. The molecule has 0 aromatic heterocycles. The third-order valence-electron chi connectivity index (χ3n) is 6.32. The van der Waals surface area contributed by atoms with Crippen LogP contribution < -0.4 is 9.64 Å². The molecule has 3 aromatic carbocycles. The van der Waals surface area contributed by atoms with Gasteiger partial charge in [-0.05, 0) is 60.5 Å². The van der Waals surface area contributed by atoms with Gasteiger partial charge in [0.1, 0.15) is 17.3 Å². The van der Waals surface area contributed by atoms with Crippen molar-refractivity contribution < 1.29 is 19.0 Å². The predicted molar refractivity (Wildman–Crippen MR) is 131 cm³/mol. The lowest BCUT2D eigenvalue weighted by Gasteiger charge is -2.36. The van der Waals surface area contributed by atoms with Gasteiger partial charge in [-0.1, -0.05) is 29.8 Å². The molecule has 174 valence electrons. The number of nitrogens with zero attached hydrogens (tertiary/aromatic N) is 2. The summed E-state index contributed by atoms with van der Waals surface area (Å²) in [6.07, 6.45) is 1.60. The largest absolute Gasteiger partial charge is 0.507 e. The van der Waals surface area contributed by atoms with Gasteiger partial charge >= 0.3 is 0 Å². The van der Waals surface area contributed by atoms with E-state index in [1.54, 1.807) is 31.2 Å². The summed E-state index contributed by atoms with van der Waals surface area (Å²) in [4.78, 5) is 17.6. The lowest BCUT2D eigenvalue weighted by Crippen LogP contribution is -2.46. The molecule has 2 aliphatic heterocycles. The second kappa shape index (κ2) is 9.12. The number of piperazine rings is 1. The van der Waals surface area contributed by atoms with Crippen LogP contribution in [0.3, 0.4) is 0 Å². The maximum Gasteiger partial charge on any atom is 0.232 e. The molecule has 7 heteroatoms. The Hall–Kier alpha value is -3.35. The molecule has 3 aromatic rings. The molecule has 2 aliphatic rings. The molecule has 5 nitrogen and oxygen atoms in total. The molecule has 1 N–H and O–H groups in total. The molecule has 0 aliphatic carbocycles. The van der Waals surface area contributed by atoms with E-state index in [2.05, 4.69) is 15.9 Å². The van der Waals surface area contributed by atoms with E-state index in [-0.39, 0.29) is 23.1 Å². The fourth-order valence-corrected chi connectivity index (χ4v) is 4.69. The highest BCUT2D eigenvalue weighted by Crippen LogP contribution is 2.42. The van der Waals surface area contributed by atoms with Crippen molar-refractivity contribution >= 4 is 29.1 Å². The Morgan fingerprint density at radius 2 is 1.82 bits per heavy atom. The Morgan fingerprint density at radius 3 is 2.53 bits per heavy atom. The number of benzene rings is 3. The number of phenols is 1. The summed E-state index contributed by atoms with van der Waals surface area (Å²) in [7, 11) is 0. The van der Waals surface area contributed by atoms with Gasteiger partial charge in [0.05, 0.1) is 11.1 Å². The highest BCUT2D eigenvalue weighted by Gasteiger charge is 2.34. The number of ketones is 1. The van der Waals surface area contributed by atoms with E-state index in [0.717, 1.165) is 31.9 Å². The van der Waals surface area contributed by atoms with E-state index in [1.165, 1.54) is 12.1 Å². The minimum Gasteiger partial charge on any atom is -0.507 e. The summed E-state index contributed by atoms with van der Waals surface area (Å²) in [5.41, 5.74) is 3.50. The fraction of sp³-hybridized carbons (Fsp3) is 0.222. The number of anilines is 1. The number of carbonyl (C=O) groups excluding carboxylic acids is 1. The number of rotatable bonds is 4. The molecule has 0 spiro atoms. The third-order valence-corrected chi connectivity index (χ3v) is 6.55. The first-order valence-electron chi connectivity index (χ1n) is 11.2. The SMILES string of the molecule is Cc1cc(O)c(CN2CCN(c3cccc(Cl)c3)CC2)c2c1C(=O)C(=Cc1ccc(F)cc1)O2. The van der Waals surface area contributed by atoms with Crippen molar-refractivity contribution in [2.45, 2.75) is 13.5 Å². The van der Waals surface area contributed by atoms with Gasteiger partial charge in [0, 0.05) is 43.4 Å². The van der Waals surface area contributed by atoms with Gasteiger partial charge < -0.3 is 14.7 Å². The summed E-state index contributed by atoms with van der Waals surface area (Å²) in [6.45, 7) is 5.49. The molecule has 0 radical (unpaired) electrons. The van der Waals surface area contributed by atoms with Crippen LogP contribution in [0.2, 0.25) is 5.02 Å². The summed E-state index contributed by atoms with van der Waals surface area (Å²) >= 11 is 6.14. The van der Waals surface area contributed by atoms with Crippen molar-refractivity contribution in [2.24, 2.45) is 0 Å². The normalized spacial score (nSPS) is 17.2. The minimum absolute atomic E-state index is 0.115. The second-order valence-corrected chi connectivity index (χ2v) is 9.07. The van der Waals surface area contributed by atoms with E-state index in [1.807, 2.05) is 18.2 Å². The zero-order valence-electron chi connectivity index (χ0n) is 18.7. The Morgan fingerprint density at radius 1 is 1.09 bits per heavy atom. The van der Waals surface area contributed by atoms with Gasteiger partial charge in [-0.25, -0.2) is 4.39 Å². The Kier molecular flexibility index (Phi) is 6.02.